The van der Waals surface area contributed by atoms with Crippen molar-refractivity contribution in [2.45, 2.75) is 64.2 Å². The van der Waals surface area contributed by atoms with Gasteiger partial charge in [0.1, 0.15) is 5.75 Å². The van der Waals surface area contributed by atoms with E-state index >= 15 is 0 Å². The quantitative estimate of drug-likeness (QED) is 0.677. The maximum atomic E-state index is 13.2. The van der Waals surface area contributed by atoms with Gasteiger partial charge in [0.2, 0.25) is 5.91 Å². The molecule has 2 amide bonds. The molecule has 0 radical (unpaired) electrons. The van der Waals surface area contributed by atoms with Gasteiger partial charge in [-0.25, -0.2) is 0 Å². The highest BCUT2D eigenvalue weighted by atomic mass is 16.5. The maximum Gasteiger partial charge on any atom is 0.260 e. The number of carbonyl (C=O) groups is 2. The number of hydrogen-bond acceptors (Lipinski definition) is 4. The van der Waals surface area contributed by atoms with E-state index in [0.29, 0.717) is 12.3 Å². The number of hydrogen-bond donors (Lipinski definition) is 1. The van der Waals surface area contributed by atoms with E-state index in [9.17, 15) is 9.59 Å². The normalized spacial score (nSPS) is 22.7. The molecule has 3 unspecified atom stereocenters. The van der Waals surface area contributed by atoms with Gasteiger partial charge in [-0.1, -0.05) is 35.9 Å². The fourth-order valence-electron chi connectivity index (χ4n) is 5.09. The van der Waals surface area contributed by atoms with Crippen LogP contribution in [0.5, 0.6) is 5.75 Å². The fraction of sp³-hybridized carbons (Fsp3) is 0.500. The van der Waals surface area contributed by atoms with E-state index in [-0.39, 0.29) is 29.9 Å². The molecular weight excluding hydrogens is 428 g/mol. The predicted molar refractivity (Wildman–Crippen MR) is 130 cm³/mol. The zero-order chi connectivity index (χ0) is 23.7. The molecular formula is C28H34N2O4. The SMILES string of the molecule is Cc1cccc(C2c3cc(OC(C)C(=O)NCC4CCCO4)ccc3CCN2C(=O)C2CC2)c1. The smallest absolute Gasteiger partial charge is 0.260 e. The summed E-state index contributed by atoms with van der Waals surface area (Å²) in [4.78, 5) is 27.9. The molecule has 6 nitrogen and oxygen atoms in total. The van der Waals surface area contributed by atoms with E-state index in [2.05, 4.69) is 47.5 Å². The minimum absolute atomic E-state index is 0.102. The molecule has 2 fully saturated rings. The van der Waals surface area contributed by atoms with Crippen molar-refractivity contribution in [2.24, 2.45) is 5.92 Å². The van der Waals surface area contributed by atoms with Gasteiger partial charge in [-0.15, -0.1) is 0 Å². The van der Waals surface area contributed by atoms with Gasteiger partial charge in [0.25, 0.3) is 5.91 Å². The highest BCUT2D eigenvalue weighted by Gasteiger charge is 2.39. The molecule has 0 spiro atoms. The van der Waals surface area contributed by atoms with Crippen LogP contribution in [0.3, 0.4) is 0 Å². The lowest BCUT2D eigenvalue weighted by Gasteiger charge is -2.38. The Balaban J connectivity index is 1.37. The summed E-state index contributed by atoms with van der Waals surface area (Å²) in [5.41, 5.74) is 4.62. The molecule has 0 aromatic heterocycles. The number of carbonyl (C=O) groups excluding carboxylic acids is 2. The molecule has 180 valence electrons. The lowest BCUT2D eigenvalue weighted by atomic mass is 9.87. The van der Waals surface area contributed by atoms with Gasteiger partial charge in [0.15, 0.2) is 6.10 Å². The molecule has 2 aromatic carbocycles. The molecule has 3 aliphatic rings. The van der Waals surface area contributed by atoms with Gasteiger partial charge in [-0.2, -0.15) is 0 Å². The number of amides is 2. The number of benzene rings is 2. The second-order valence-electron chi connectivity index (χ2n) is 9.87. The molecule has 2 heterocycles. The molecule has 0 bridgehead atoms. The van der Waals surface area contributed by atoms with E-state index in [4.69, 9.17) is 9.47 Å². The Morgan fingerprint density at radius 2 is 2.03 bits per heavy atom. The zero-order valence-electron chi connectivity index (χ0n) is 20.1. The van der Waals surface area contributed by atoms with Crippen molar-refractivity contribution in [3.05, 3.63) is 64.7 Å². The standard InChI is InChI=1S/C28H34N2O4/c1-18-5-3-6-22(15-18)26-25-16-23(34-19(2)27(31)29-17-24-7-4-14-33-24)11-10-20(25)12-13-30(26)28(32)21-8-9-21/h3,5-6,10-11,15-16,19,21,24,26H,4,7-9,12-14,17H2,1-2H3,(H,29,31). The molecule has 6 heteroatoms. The van der Waals surface area contributed by atoms with Crippen molar-refractivity contribution in [2.75, 3.05) is 19.7 Å². The maximum absolute atomic E-state index is 13.2. The first kappa shape index (κ1) is 22.9. The molecule has 2 aliphatic heterocycles. The Morgan fingerprint density at radius 1 is 1.18 bits per heavy atom. The first-order chi connectivity index (χ1) is 16.5. The molecule has 5 rings (SSSR count). The summed E-state index contributed by atoms with van der Waals surface area (Å²) in [7, 11) is 0. The van der Waals surface area contributed by atoms with Crippen LogP contribution >= 0.6 is 0 Å². The minimum atomic E-state index is -0.621. The van der Waals surface area contributed by atoms with Crippen molar-refractivity contribution in [3.63, 3.8) is 0 Å². The Labute approximate surface area is 201 Å². The second kappa shape index (κ2) is 9.79. The summed E-state index contributed by atoms with van der Waals surface area (Å²) in [5.74, 6) is 0.928. The van der Waals surface area contributed by atoms with Gasteiger partial charge >= 0.3 is 0 Å². The van der Waals surface area contributed by atoms with Crippen LogP contribution in [0.4, 0.5) is 0 Å². The molecule has 1 saturated carbocycles. The van der Waals surface area contributed by atoms with Crippen LogP contribution in [0.2, 0.25) is 0 Å². The summed E-state index contributed by atoms with van der Waals surface area (Å²) in [6.07, 6.45) is 4.32. The lowest BCUT2D eigenvalue weighted by Crippen LogP contribution is -2.41. The summed E-state index contributed by atoms with van der Waals surface area (Å²) in [6, 6.07) is 14.3. The summed E-state index contributed by atoms with van der Waals surface area (Å²) >= 11 is 0. The highest BCUT2D eigenvalue weighted by molar-refractivity contribution is 5.82. The van der Waals surface area contributed by atoms with Crippen LogP contribution in [0, 0.1) is 12.8 Å². The lowest BCUT2D eigenvalue weighted by molar-refractivity contribution is -0.134. The van der Waals surface area contributed by atoms with Crippen LogP contribution in [-0.4, -0.2) is 48.6 Å². The Hall–Kier alpha value is -2.86. The van der Waals surface area contributed by atoms with E-state index in [1.165, 1.54) is 11.1 Å². The van der Waals surface area contributed by atoms with Crippen LogP contribution in [0.25, 0.3) is 0 Å². The zero-order valence-corrected chi connectivity index (χ0v) is 20.1. The Kier molecular flexibility index (Phi) is 6.59. The first-order valence-corrected chi connectivity index (χ1v) is 12.6. The highest BCUT2D eigenvalue weighted by Crippen LogP contribution is 2.41. The van der Waals surface area contributed by atoms with Crippen LogP contribution < -0.4 is 10.1 Å². The topological polar surface area (TPSA) is 67.9 Å². The predicted octanol–water partition coefficient (Wildman–Crippen LogP) is 3.94. The average Bonchev–Trinajstić information content (AvgIpc) is 3.56. The number of rotatable bonds is 7. The van der Waals surface area contributed by atoms with Crippen LogP contribution in [0.1, 0.15) is 60.9 Å². The summed E-state index contributed by atoms with van der Waals surface area (Å²) in [6.45, 7) is 5.86. The summed E-state index contributed by atoms with van der Waals surface area (Å²) < 4.78 is 11.7. The molecule has 34 heavy (non-hydrogen) atoms. The van der Waals surface area contributed by atoms with E-state index in [1.54, 1.807) is 6.92 Å². The molecule has 1 N–H and O–H groups in total. The molecule has 2 aromatic rings. The molecule has 1 aliphatic carbocycles. The number of fused-ring (bicyclic) bond motifs is 1. The number of nitrogens with one attached hydrogen (secondary N) is 1. The van der Waals surface area contributed by atoms with Crippen molar-refractivity contribution in [3.8, 4) is 5.75 Å². The minimum Gasteiger partial charge on any atom is -0.481 e. The van der Waals surface area contributed by atoms with Crippen molar-refractivity contribution in [1.29, 1.82) is 0 Å². The molecule has 3 atom stereocenters. The largest absolute Gasteiger partial charge is 0.481 e. The molecule has 1 saturated heterocycles. The van der Waals surface area contributed by atoms with Crippen molar-refractivity contribution in [1.82, 2.24) is 10.2 Å². The second-order valence-corrected chi connectivity index (χ2v) is 9.87. The number of aryl methyl sites for hydroxylation is 1. The van der Waals surface area contributed by atoms with E-state index < -0.39 is 6.10 Å². The third-order valence-corrected chi connectivity index (χ3v) is 7.12. The van der Waals surface area contributed by atoms with E-state index in [0.717, 1.165) is 56.4 Å². The Morgan fingerprint density at radius 3 is 2.76 bits per heavy atom. The van der Waals surface area contributed by atoms with Crippen LogP contribution in [-0.2, 0) is 20.7 Å². The average molecular weight is 463 g/mol. The van der Waals surface area contributed by atoms with Gasteiger partial charge in [0, 0.05) is 25.6 Å². The van der Waals surface area contributed by atoms with Crippen molar-refractivity contribution < 1.29 is 19.1 Å². The number of ether oxygens (including phenoxy) is 2. The van der Waals surface area contributed by atoms with E-state index in [1.807, 2.05) is 12.1 Å². The monoisotopic (exact) mass is 462 g/mol. The van der Waals surface area contributed by atoms with Gasteiger partial charge in [-0.05, 0) is 74.8 Å². The van der Waals surface area contributed by atoms with Crippen molar-refractivity contribution >= 4 is 11.8 Å². The Bertz CT molecular complexity index is 1060. The van der Waals surface area contributed by atoms with Crippen LogP contribution in [0.15, 0.2) is 42.5 Å². The first-order valence-electron chi connectivity index (χ1n) is 12.6. The fourth-order valence-corrected chi connectivity index (χ4v) is 5.09. The summed E-state index contributed by atoms with van der Waals surface area (Å²) in [5, 5.41) is 2.95. The van der Waals surface area contributed by atoms with Gasteiger partial charge in [0.05, 0.1) is 12.1 Å². The third kappa shape index (κ3) is 4.97. The number of nitrogens with zero attached hydrogens (tertiary/aromatic N) is 1. The van der Waals surface area contributed by atoms with Gasteiger partial charge < -0.3 is 19.7 Å². The third-order valence-electron chi connectivity index (χ3n) is 7.12. The van der Waals surface area contributed by atoms with Gasteiger partial charge in [-0.3, -0.25) is 9.59 Å².